The molecule has 1 heterocycles. The van der Waals surface area contributed by atoms with Crippen LogP contribution in [-0.4, -0.2) is 16.2 Å². The number of rotatable bonds is 6. The first-order valence-electron chi connectivity index (χ1n) is 5.79. The molecule has 0 atom stereocenters. The van der Waals surface area contributed by atoms with Crippen molar-refractivity contribution in [3.8, 4) is 0 Å². The third-order valence-corrected chi connectivity index (χ3v) is 2.50. The highest BCUT2D eigenvalue weighted by molar-refractivity contribution is 5.85. The number of benzene rings is 1. The third-order valence-electron chi connectivity index (χ3n) is 2.50. The van der Waals surface area contributed by atoms with Gasteiger partial charge in [0.2, 0.25) is 0 Å². The zero-order valence-electron chi connectivity index (χ0n) is 10.3. The van der Waals surface area contributed by atoms with Crippen molar-refractivity contribution in [2.24, 2.45) is 0 Å². The monoisotopic (exact) mass is 287 g/mol. The van der Waals surface area contributed by atoms with Gasteiger partial charge in [0.15, 0.2) is 0 Å². The minimum atomic E-state index is -2.37. The third kappa shape index (κ3) is 5.36. The van der Waals surface area contributed by atoms with Gasteiger partial charge in [-0.2, -0.15) is 5.10 Å². The molecule has 6 heteroatoms. The van der Waals surface area contributed by atoms with Crippen molar-refractivity contribution in [1.82, 2.24) is 15.1 Å². The number of alkyl halides is 2. The molecular formula is C13H16ClF2N3. The molecule has 0 amide bonds. The highest BCUT2D eigenvalue weighted by Crippen LogP contribution is 2.02. The smallest absolute Gasteiger partial charge is 0.257 e. The molecule has 0 spiro atoms. The summed E-state index contributed by atoms with van der Waals surface area (Å²) in [6, 6.07) is 11.7. The maximum absolute atomic E-state index is 12.1. The Bertz CT molecular complexity index is 474. The Morgan fingerprint density at radius 2 is 1.84 bits per heavy atom. The van der Waals surface area contributed by atoms with E-state index in [0.717, 1.165) is 12.2 Å². The fraction of sp³-hybridized carbons (Fsp3) is 0.308. The second-order valence-electron chi connectivity index (χ2n) is 4.01. The van der Waals surface area contributed by atoms with Crippen LogP contribution in [0.15, 0.2) is 42.6 Å². The van der Waals surface area contributed by atoms with Gasteiger partial charge >= 0.3 is 0 Å². The van der Waals surface area contributed by atoms with Gasteiger partial charge in [-0.25, -0.2) is 8.78 Å². The van der Waals surface area contributed by atoms with Crippen LogP contribution in [-0.2, 0) is 19.6 Å². The largest absolute Gasteiger partial charge is 0.307 e. The number of hydrogen-bond acceptors (Lipinski definition) is 2. The lowest BCUT2D eigenvalue weighted by Crippen LogP contribution is -2.14. The Morgan fingerprint density at radius 3 is 2.53 bits per heavy atom. The van der Waals surface area contributed by atoms with Crippen molar-refractivity contribution in [2.75, 3.05) is 0 Å². The van der Waals surface area contributed by atoms with Crippen molar-refractivity contribution < 1.29 is 8.78 Å². The maximum atomic E-state index is 12.1. The summed E-state index contributed by atoms with van der Waals surface area (Å²) in [5.74, 6) is 0. The minimum absolute atomic E-state index is 0. The second kappa shape index (κ2) is 7.86. The average Bonchev–Trinajstić information content (AvgIpc) is 2.77. The molecule has 0 radical (unpaired) electrons. The molecule has 0 aliphatic rings. The van der Waals surface area contributed by atoms with Gasteiger partial charge in [-0.05, 0) is 11.6 Å². The Morgan fingerprint density at radius 1 is 1.11 bits per heavy atom. The lowest BCUT2D eigenvalue weighted by molar-refractivity contribution is 0.121. The zero-order chi connectivity index (χ0) is 12.8. The highest BCUT2D eigenvalue weighted by atomic mass is 35.5. The molecule has 0 aliphatic carbocycles. The molecule has 0 aliphatic heterocycles. The number of halogens is 3. The lowest BCUT2D eigenvalue weighted by Gasteiger charge is -2.03. The van der Waals surface area contributed by atoms with Crippen LogP contribution in [0.2, 0.25) is 0 Å². The van der Waals surface area contributed by atoms with Crippen LogP contribution < -0.4 is 5.32 Å². The van der Waals surface area contributed by atoms with Gasteiger partial charge in [0.1, 0.15) is 6.54 Å². The predicted molar refractivity (Wildman–Crippen MR) is 72.5 cm³/mol. The summed E-state index contributed by atoms with van der Waals surface area (Å²) >= 11 is 0. The molecule has 0 unspecified atom stereocenters. The number of aromatic nitrogens is 2. The first-order chi connectivity index (χ1) is 8.74. The average molecular weight is 288 g/mol. The lowest BCUT2D eigenvalue weighted by atomic mass is 10.2. The van der Waals surface area contributed by atoms with Crippen molar-refractivity contribution in [3.05, 3.63) is 53.9 Å². The molecule has 0 bridgehead atoms. The van der Waals surface area contributed by atoms with Gasteiger partial charge in [-0.15, -0.1) is 12.4 Å². The molecule has 3 nitrogen and oxygen atoms in total. The number of nitrogens with zero attached hydrogens (tertiary/aromatic N) is 2. The molecule has 19 heavy (non-hydrogen) atoms. The van der Waals surface area contributed by atoms with E-state index in [1.54, 1.807) is 12.3 Å². The van der Waals surface area contributed by atoms with E-state index in [-0.39, 0.29) is 19.0 Å². The van der Waals surface area contributed by atoms with Crippen LogP contribution in [0.3, 0.4) is 0 Å². The van der Waals surface area contributed by atoms with E-state index in [1.807, 2.05) is 30.3 Å². The molecule has 1 N–H and O–H groups in total. The second-order valence-corrected chi connectivity index (χ2v) is 4.01. The number of hydrogen-bond donors (Lipinski definition) is 1. The molecule has 1 aromatic carbocycles. The fourth-order valence-corrected chi connectivity index (χ4v) is 1.67. The van der Waals surface area contributed by atoms with Gasteiger partial charge < -0.3 is 5.32 Å². The zero-order valence-corrected chi connectivity index (χ0v) is 11.1. The Hall–Kier alpha value is -1.46. The van der Waals surface area contributed by atoms with E-state index in [1.165, 1.54) is 10.2 Å². The minimum Gasteiger partial charge on any atom is -0.307 e. The fourth-order valence-electron chi connectivity index (χ4n) is 1.67. The molecule has 0 saturated carbocycles. The first-order valence-corrected chi connectivity index (χ1v) is 5.79. The SMILES string of the molecule is Cl.FC(F)Cn1ccc(CNCc2ccccc2)n1. The summed E-state index contributed by atoms with van der Waals surface area (Å²) in [5.41, 5.74) is 1.95. The standard InChI is InChI=1S/C13H15F2N3.ClH/c14-13(15)10-18-7-6-12(17-18)9-16-8-11-4-2-1-3-5-11;/h1-7,13,16H,8-10H2;1H. The van der Waals surface area contributed by atoms with Crippen molar-refractivity contribution in [1.29, 1.82) is 0 Å². The molecule has 2 aromatic rings. The predicted octanol–water partition coefficient (Wildman–Crippen LogP) is 2.86. The molecule has 2 rings (SSSR count). The van der Waals surface area contributed by atoms with E-state index in [0.29, 0.717) is 6.54 Å². The summed E-state index contributed by atoms with van der Waals surface area (Å²) in [6.45, 7) is 0.965. The van der Waals surface area contributed by atoms with E-state index in [9.17, 15) is 8.78 Å². The molecule has 1 aromatic heterocycles. The van der Waals surface area contributed by atoms with Crippen LogP contribution in [0, 0.1) is 0 Å². The highest BCUT2D eigenvalue weighted by Gasteiger charge is 2.05. The van der Waals surface area contributed by atoms with Gasteiger partial charge in [-0.3, -0.25) is 4.68 Å². The van der Waals surface area contributed by atoms with E-state index in [4.69, 9.17) is 0 Å². The first kappa shape index (κ1) is 15.6. The summed E-state index contributed by atoms with van der Waals surface area (Å²) in [7, 11) is 0. The topological polar surface area (TPSA) is 29.9 Å². The Balaban J connectivity index is 0.00000180. The van der Waals surface area contributed by atoms with Crippen LogP contribution in [0.4, 0.5) is 8.78 Å². The molecule has 0 fully saturated rings. The molecule has 0 saturated heterocycles. The number of nitrogens with one attached hydrogen (secondary N) is 1. The van der Waals surface area contributed by atoms with E-state index < -0.39 is 6.43 Å². The maximum Gasteiger partial charge on any atom is 0.257 e. The van der Waals surface area contributed by atoms with Crippen molar-refractivity contribution in [2.45, 2.75) is 26.1 Å². The van der Waals surface area contributed by atoms with Gasteiger partial charge in [0.05, 0.1) is 5.69 Å². The van der Waals surface area contributed by atoms with Crippen molar-refractivity contribution >= 4 is 12.4 Å². The summed E-state index contributed by atoms with van der Waals surface area (Å²) in [5, 5.41) is 7.28. The molecular weight excluding hydrogens is 272 g/mol. The summed E-state index contributed by atoms with van der Waals surface area (Å²) in [6.07, 6.45) is -0.791. The quantitative estimate of drug-likeness (QED) is 0.885. The summed E-state index contributed by atoms with van der Waals surface area (Å²) < 4.78 is 25.5. The molecule has 104 valence electrons. The van der Waals surface area contributed by atoms with E-state index in [2.05, 4.69) is 10.4 Å². The van der Waals surface area contributed by atoms with Gasteiger partial charge in [-0.1, -0.05) is 30.3 Å². The van der Waals surface area contributed by atoms with Crippen LogP contribution in [0.5, 0.6) is 0 Å². The van der Waals surface area contributed by atoms with Gasteiger partial charge in [0, 0.05) is 19.3 Å². The van der Waals surface area contributed by atoms with Gasteiger partial charge in [0.25, 0.3) is 6.43 Å². The van der Waals surface area contributed by atoms with Crippen LogP contribution >= 0.6 is 12.4 Å². The van der Waals surface area contributed by atoms with Crippen LogP contribution in [0.1, 0.15) is 11.3 Å². The van der Waals surface area contributed by atoms with Crippen LogP contribution in [0.25, 0.3) is 0 Å². The Kier molecular flexibility index (Phi) is 6.45. The summed E-state index contributed by atoms with van der Waals surface area (Å²) in [4.78, 5) is 0. The van der Waals surface area contributed by atoms with Crippen molar-refractivity contribution in [3.63, 3.8) is 0 Å². The van der Waals surface area contributed by atoms with E-state index >= 15 is 0 Å². The Labute approximate surface area is 117 Å². The normalized spacial score (nSPS) is 10.5.